The van der Waals surface area contributed by atoms with Gasteiger partial charge >= 0.3 is 0 Å². The first-order valence-electron chi connectivity index (χ1n) is 5.11. The van der Waals surface area contributed by atoms with Gasteiger partial charge in [0.1, 0.15) is 25.2 Å². The summed E-state index contributed by atoms with van der Waals surface area (Å²) in [5, 5.41) is 4.00. The van der Waals surface area contributed by atoms with E-state index in [0.29, 0.717) is 12.5 Å². The van der Waals surface area contributed by atoms with E-state index >= 15 is 0 Å². The molecule has 15 heavy (non-hydrogen) atoms. The molecule has 78 valence electrons. The lowest BCUT2D eigenvalue weighted by Crippen LogP contribution is -2.05. The van der Waals surface area contributed by atoms with Gasteiger partial charge in [-0.2, -0.15) is 0 Å². The van der Waals surface area contributed by atoms with Crippen LogP contribution in [-0.4, -0.2) is 24.4 Å². The Bertz CT molecular complexity index is 425. The van der Waals surface area contributed by atoms with Crippen molar-refractivity contribution in [3.05, 3.63) is 23.5 Å². The molecule has 1 aliphatic carbocycles. The van der Waals surface area contributed by atoms with Crippen LogP contribution >= 0.6 is 0 Å². The molecular formula is C11H12N2O2. The zero-order chi connectivity index (χ0) is 10.3. The average molecular weight is 204 g/mol. The lowest BCUT2D eigenvalue weighted by Gasteiger charge is -2.03. The number of rotatable bonds is 2. The number of hydrogen-bond acceptors (Lipinski definition) is 4. The van der Waals surface area contributed by atoms with E-state index in [-0.39, 0.29) is 0 Å². The van der Waals surface area contributed by atoms with Gasteiger partial charge in [0.25, 0.3) is 0 Å². The van der Waals surface area contributed by atoms with Gasteiger partial charge in [-0.1, -0.05) is 5.16 Å². The van der Waals surface area contributed by atoms with Crippen molar-refractivity contribution < 1.29 is 9.57 Å². The number of pyridine rings is 1. The summed E-state index contributed by atoms with van der Waals surface area (Å²) >= 11 is 0. The summed E-state index contributed by atoms with van der Waals surface area (Å²) in [5.41, 5.74) is 3.26. The van der Waals surface area contributed by atoms with E-state index in [4.69, 9.17) is 9.57 Å². The van der Waals surface area contributed by atoms with E-state index in [1.165, 1.54) is 18.4 Å². The molecule has 0 N–H and O–H groups in total. The molecule has 0 aromatic carbocycles. The molecule has 1 aliphatic heterocycles. The van der Waals surface area contributed by atoms with Crippen LogP contribution in [0, 0.1) is 0 Å². The minimum Gasteiger partial charge on any atom is -0.485 e. The van der Waals surface area contributed by atoms with Gasteiger partial charge < -0.3 is 9.57 Å². The van der Waals surface area contributed by atoms with Crippen LogP contribution in [0.25, 0.3) is 0 Å². The topological polar surface area (TPSA) is 43.7 Å². The smallest absolute Gasteiger partial charge is 0.147 e. The molecule has 0 radical (unpaired) electrons. The molecule has 0 amide bonds. The van der Waals surface area contributed by atoms with Crippen molar-refractivity contribution in [2.24, 2.45) is 5.16 Å². The van der Waals surface area contributed by atoms with E-state index in [0.717, 1.165) is 17.0 Å². The monoisotopic (exact) mass is 204 g/mol. The van der Waals surface area contributed by atoms with Gasteiger partial charge in [0.2, 0.25) is 0 Å². The highest BCUT2D eigenvalue weighted by Crippen LogP contribution is 2.44. The number of hydrogen-bond donors (Lipinski definition) is 0. The Kier molecular flexibility index (Phi) is 1.87. The van der Waals surface area contributed by atoms with Crippen molar-refractivity contribution in [1.82, 2.24) is 4.98 Å². The molecule has 0 saturated heterocycles. The number of ether oxygens (including phenoxy) is 1. The summed E-state index contributed by atoms with van der Waals surface area (Å²) in [6, 6.07) is 0. The van der Waals surface area contributed by atoms with E-state index in [1.807, 2.05) is 6.20 Å². The Labute approximate surface area is 87.9 Å². The molecule has 1 aromatic rings. The van der Waals surface area contributed by atoms with Gasteiger partial charge in [-0.3, -0.25) is 4.98 Å². The summed E-state index contributed by atoms with van der Waals surface area (Å²) in [5.74, 6) is 1.49. The van der Waals surface area contributed by atoms with Gasteiger partial charge in [0.05, 0.1) is 11.8 Å². The molecule has 2 aliphatic rings. The maximum Gasteiger partial charge on any atom is 0.147 e. The second kappa shape index (κ2) is 3.22. The maximum absolute atomic E-state index is 5.51. The predicted octanol–water partition coefficient (Wildman–Crippen LogP) is 1.70. The lowest BCUT2D eigenvalue weighted by molar-refractivity contribution is 0.211. The second-order valence-electron chi connectivity index (χ2n) is 3.89. The largest absolute Gasteiger partial charge is 0.485 e. The number of oxime groups is 1. The number of fused-ring (bicyclic) bond motifs is 1. The van der Waals surface area contributed by atoms with Gasteiger partial charge in [0.15, 0.2) is 0 Å². The highest BCUT2D eigenvalue weighted by Gasteiger charge is 2.32. The molecule has 0 spiro atoms. The van der Waals surface area contributed by atoms with Crippen LogP contribution in [-0.2, 0) is 4.84 Å². The fourth-order valence-electron chi connectivity index (χ4n) is 1.98. The first-order chi connectivity index (χ1) is 7.40. The normalized spacial score (nSPS) is 21.3. The van der Waals surface area contributed by atoms with E-state index in [2.05, 4.69) is 10.1 Å². The summed E-state index contributed by atoms with van der Waals surface area (Å²) in [6.45, 7) is 0.495. The van der Waals surface area contributed by atoms with Crippen molar-refractivity contribution in [2.75, 3.05) is 13.7 Å². The van der Waals surface area contributed by atoms with Crippen LogP contribution in [0.4, 0.5) is 0 Å². The Morgan fingerprint density at radius 1 is 1.47 bits per heavy atom. The van der Waals surface area contributed by atoms with Gasteiger partial charge in [-0.15, -0.1) is 0 Å². The highest BCUT2D eigenvalue weighted by molar-refractivity contribution is 6.07. The summed E-state index contributed by atoms with van der Waals surface area (Å²) < 4.78 is 5.51. The van der Waals surface area contributed by atoms with Gasteiger partial charge in [-0.25, -0.2) is 0 Å². The van der Waals surface area contributed by atoms with Gasteiger partial charge in [0, 0.05) is 6.20 Å². The molecule has 1 saturated carbocycles. The third-order valence-corrected chi connectivity index (χ3v) is 2.81. The molecule has 2 heterocycles. The molecule has 4 heteroatoms. The molecule has 3 rings (SSSR count). The van der Waals surface area contributed by atoms with Gasteiger partial charge in [-0.05, 0) is 24.3 Å². The lowest BCUT2D eigenvalue weighted by atomic mass is 10.0. The molecule has 0 unspecified atom stereocenters. The number of nitrogens with zero attached hydrogens (tertiary/aromatic N) is 2. The molecule has 1 aromatic heterocycles. The summed E-state index contributed by atoms with van der Waals surface area (Å²) in [4.78, 5) is 9.02. The molecule has 1 fully saturated rings. The van der Waals surface area contributed by atoms with Crippen LogP contribution in [0.2, 0.25) is 0 Å². The second-order valence-corrected chi connectivity index (χ2v) is 3.89. The molecule has 0 bridgehead atoms. The Balaban J connectivity index is 2.11. The van der Waals surface area contributed by atoms with E-state index < -0.39 is 0 Å². The van der Waals surface area contributed by atoms with Crippen LogP contribution in [0.5, 0.6) is 5.75 Å². The minimum atomic E-state index is 0.495. The highest BCUT2D eigenvalue weighted by atomic mass is 16.6. The molecule has 0 atom stereocenters. The SMILES string of the molecule is CON=C1COc2cncc(C3CC3)c21. The minimum absolute atomic E-state index is 0.495. The van der Waals surface area contributed by atoms with Crippen molar-refractivity contribution in [3.63, 3.8) is 0 Å². The van der Waals surface area contributed by atoms with Crippen molar-refractivity contribution in [1.29, 1.82) is 0 Å². The Morgan fingerprint density at radius 3 is 3.07 bits per heavy atom. The van der Waals surface area contributed by atoms with Crippen molar-refractivity contribution in [3.8, 4) is 5.75 Å². The predicted molar refractivity (Wildman–Crippen MR) is 55.3 cm³/mol. The number of aromatic nitrogens is 1. The fourth-order valence-corrected chi connectivity index (χ4v) is 1.98. The maximum atomic E-state index is 5.51. The standard InChI is InChI=1S/C11H12N2O2/c1-14-13-9-6-15-10-5-12-4-8(11(9)10)7-2-3-7/h4-5,7H,2-3,6H2,1H3. The van der Waals surface area contributed by atoms with E-state index in [1.54, 1.807) is 13.3 Å². The van der Waals surface area contributed by atoms with Crippen LogP contribution in [0.3, 0.4) is 0 Å². The third kappa shape index (κ3) is 1.37. The zero-order valence-corrected chi connectivity index (χ0v) is 8.56. The van der Waals surface area contributed by atoms with Crippen LogP contribution in [0.1, 0.15) is 29.9 Å². The first-order valence-corrected chi connectivity index (χ1v) is 5.11. The first kappa shape index (κ1) is 8.71. The van der Waals surface area contributed by atoms with Crippen molar-refractivity contribution >= 4 is 5.71 Å². The van der Waals surface area contributed by atoms with Crippen LogP contribution < -0.4 is 4.74 Å². The summed E-state index contributed by atoms with van der Waals surface area (Å²) in [7, 11) is 1.56. The van der Waals surface area contributed by atoms with E-state index in [9.17, 15) is 0 Å². The fraction of sp³-hybridized carbons (Fsp3) is 0.455. The average Bonchev–Trinajstić information content (AvgIpc) is 3.02. The Morgan fingerprint density at radius 2 is 2.33 bits per heavy atom. The van der Waals surface area contributed by atoms with Crippen LogP contribution in [0.15, 0.2) is 17.5 Å². The molecular weight excluding hydrogens is 192 g/mol. The summed E-state index contributed by atoms with van der Waals surface area (Å²) in [6.07, 6.45) is 6.17. The zero-order valence-electron chi connectivity index (χ0n) is 8.56. The van der Waals surface area contributed by atoms with Crippen molar-refractivity contribution in [2.45, 2.75) is 18.8 Å². The Hall–Kier alpha value is -1.58. The molecule has 4 nitrogen and oxygen atoms in total. The third-order valence-electron chi connectivity index (χ3n) is 2.81. The quantitative estimate of drug-likeness (QED) is 0.689.